The van der Waals surface area contributed by atoms with E-state index in [0.717, 1.165) is 13.8 Å². The predicted octanol–water partition coefficient (Wildman–Crippen LogP) is -0.0852. The highest BCUT2D eigenvalue weighted by Crippen LogP contribution is 2.26. The van der Waals surface area contributed by atoms with Crippen molar-refractivity contribution in [2.75, 3.05) is 0 Å². The van der Waals surface area contributed by atoms with E-state index in [2.05, 4.69) is 9.78 Å². The van der Waals surface area contributed by atoms with Gasteiger partial charge in [0.25, 0.3) is 0 Å². The fraction of sp³-hybridized carbons (Fsp3) is 0.714. The quantitative estimate of drug-likeness (QED) is 0.423. The third-order valence-corrected chi connectivity index (χ3v) is 1.96. The molecule has 0 aromatic carbocycles. The van der Waals surface area contributed by atoms with Crippen molar-refractivity contribution in [1.29, 1.82) is 0 Å². The first kappa shape index (κ1) is 13.8. The highest BCUT2D eigenvalue weighted by atomic mass is 17.1. The Morgan fingerprint density at radius 2 is 1.53 bits per heavy atom. The molecule has 0 saturated carbocycles. The van der Waals surface area contributed by atoms with E-state index in [4.69, 9.17) is 15.5 Å². The van der Waals surface area contributed by atoms with Crippen LogP contribution in [0, 0.1) is 0 Å². The molecule has 0 aromatic heterocycles. The summed E-state index contributed by atoms with van der Waals surface area (Å²) in [4.78, 5) is 28.4. The summed E-state index contributed by atoms with van der Waals surface area (Å²) in [6.45, 7) is 1.79. The molecule has 0 aliphatic carbocycles. The van der Waals surface area contributed by atoms with Crippen LogP contribution in [-0.2, 0) is 24.6 Å². The number of aliphatic carboxylic acids is 2. The number of carboxylic acids is 2. The van der Waals surface area contributed by atoms with E-state index in [1.54, 1.807) is 0 Å². The minimum Gasteiger partial charge on any atom is -0.479 e. The molecule has 0 amide bonds. The number of rotatable bonds is 6. The summed E-state index contributed by atoms with van der Waals surface area (Å²) in [5.74, 6) is -3.27. The maximum absolute atomic E-state index is 10.6. The van der Waals surface area contributed by atoms with E-state index in [1.165, 1.54) is 0 Å². The largest absolute Gasteiger partial charge is 0.479 e. The molecule has 0 spiro atoms. The van der Waals surface area contributed by atoms with Crippen molar-refractivity contribution in [3.05, 3.63) is 0 Å². The molecule has 1 radical (unpaired) electrons. The van der Waals surface area contributed by atoms with Crippen molar-refractivity contribution < 1.29 is 40.1 Å². The van der Waals surface area contributed by atoms with Crippen molar-refractivity contribution in [1.82, 2.24) is 0 Å². The summed E-state index contributed by atoms with van der Waals surface area (Å²) >= 11 is 0. The van der Waals surface area contributed by atoms with Crippen LogP contribution in [-0.4, -0.2) is 38.6 Å². The van der Waals surface area contributed by atoms with Gasteiger partial charge >= 0.3 is 11.9 Å². The van der Waals surface area contributed by atoms with Gasteiger partial charge in [0.15, 0.2) is 0 Å². The second-order valence-corrected chi connectivity index (χ2v) is 3.42. The monoisotopic (exact) mass is 223 g/mol. The van der Waals surface area contributed by atoms with Gasteiger partial charge in [0.1, 0.15) is 0 Å². The van der Waals surface area contributed by atoms with Gasteiger partial charge in [0.2, 0.25) is 11.2 Å². The average molecular weight is 223 g/mol. The van der Waals surface area contributed by atoms with E-state index in [-0.39, 0.29) is 0 Å². The molecule has 0 rings (SSSR count). The minimum atomic E-state index is -2.30. The zero-order chi connectivity index (χ0) is 12.3. The Balaban J connectivity index is 4.95. The number of hydrogen-bond acceptors (Lipinski definition) is 5. The van der Waals surface area contributed by atoms with Crippen LogP contribution in [0.4, 0.5) is 0 Å². The van der Waals surface area contributed by atoms with Crippen LogP contribution in [0.1, 0.15) is 20.3 Å². The minimum absolute atomic E-state index is 0.843. The van der Waals surface area contributed by atoms with Crippen molar-refractivity contribution in [3.8, 4) is 0 Å². The van der Waals surface area contributed by atoms with Gasteiger partial charge < -0.3 is 10.2 Å². The first-order valence-corrected chi connectivity index (χ1v) is 3.82. The molecule has 15 heavy (non-hydrogen) atoms. The number of hydrogen-bond donors (Lipinski definition) is 3. The molecule has 0 aliphatic rings. The Morgan fingerprint density at radius 3 is 1.73 bits per heavy atom. The van der Waals surface area contributed by atoms with Crippen LogP contribution < -0.4 is 0 Å². The topological polar surface area (TPSA) is 133 Å². The highest BCUT2D eigenvalue weighted by molar-refractivity contribution is 5.81. The molecule has 0 heterocycles. The molecule has 87 valence electrons. The van der Waals surface area contributed by atoms with Crippen molar-refractivity contribution in [2.45, 2.75) is 31.5 Å². The summed E-state index contributed by atoms with van der Waals surface area (Å²) in [7, 11) is 0. The first-order valence-electron chi connectivity index (χ1n) is 3.82. The summed E-state index contributed by atoms with van der Waals surface area (Å²) < 4.78 is 0. The summed E-state index contributed by atoms with van der Waals surface area (Å²) in [6, 6.07) is 0. The first-order chi connectivity index (χ1) is 6.72. The van der Waals surface area contributed by atoms with Gasteiger partial charge in [-0.3, -0.25) is 5.26 Å². The smallest absolute Gasteiger partial charge is 0.339 e. The maximum Gasteiger partial charge on any atom is 0.339 e. The molecular formula is C7H11O8. The average Bonchev–Trinajstić information content (AvgIpc) is 2.16. The lowest BCUT2D eigenvalue weighted by Crippen LogP contribution is -2.49. The third kappa shape index (κ3) is 2.86. The number of carboxylic acid groups (broad SMARTS) is 2. The normalized spacial score (nSPS) is 18.9. The maximum atomic E-state index is 10.6. The Kier molecular flexibility index (Phi) is 4.16. The molecule has 3 N–H and O–H groups in total. The van der Waals surface area contributed by atoms with Gasteiger partial charge in [-0.05, 0) is 19.1 Å². The fourth-order valence-electron chi connectivity index (χ4n) is 0.931. The molecule has 0 aliphatic heterocycles. The zero-order valence-corrected chi connectivity index (χ0v) is 8.09. The van der Waals surface area contributed by atoms with E-state index in [9.17, 15) is 14.8 Å². The predicted molar refractivity (Wildman–Crippen MR) is 42.2 cm³/mol. The molecule has 0 bridgehead atoms. The van der Waals surface area contributed by atoms with E-state index < -0.39 is 29.6 Å². The highest BCUT2D eigenvalue weighted by Gasteiger charge is 2.48. The third-order valence-electron chi connectivity index (χ3n) is 1.96. The SMILES string of the molecule is CC(CC(C)(OO)C(=O)O)(O[O])C(=O)O. The Bertz CT molecular complexity index is 238. The second-order valence-electron chi connectivity index (χ2n) is 3.42. The standard InChI is InChI=1S/C7H11O8/c1-6(14-12,4(8)9)3-7(2,15-13)5(10)11/h12H,3H2,1-2H3,(H,8,9)(H,10,11). The van der Waals surface area contributed by atoms with E-state index >= 15 is 0 Å². The van der Waals surface area contributed by atoms with Crippen LogP contribution in [0.5, 0.6) is 0 Å². The van der Waals surface area contributed by atoms with Crippen LogP contribution in [0.25, 0.3) is 0 Å². The van der Waals surface area contributed by atoms with Gasteiger partial charge in [0.05, 0.1) is 0 Å². The van der Waals surface area contributed by atoms with Crippen molar-refractivity contribution >= 4 is 11.9 Å². The Hall–Kier alpha value is -1.22. The zero-order valence-electron chi connectivity index (χ0n) is 8.09. The molecule has 2 unspecified atom stereocenters. The van der Waals surface area contributed by atoms with Gasteiger partial charge in [-0.2, -0.15) is 4.89 Å². The molecule has 0 aromatic rings. The van der Waals surface area contributed by atoms with Gasteiger partial charge in [-0.25, -0.2) is 14.5 Å². The molecule has 2 atom stereocenters. The second kappa shape index (κ2) is 4.53. The summed E-state index contributed by atoms with van der Waals surface area (Å²) in [5.41, 5.74) is -4.52. The van der Waals surface area contributed by atoms with Crippen molar-refractivity contribution in [2.24, 2.45) is 0 Å². The lowest BCUT2D eigenvalue weighted by Gasteiger charge is -2.28. The molecule has 0 saturated heterocycles. The number of carbonyl (C=O) groups is 2. The van der Waals surface area contributed by atoms with Crippen LogP contribution >= 0.6 is 0 Å². The van der Waals surface area contributed by atoms with E-state index in [0.29, 0.717) is 0 Å². The van der Waals surface area contributed by atoms with Crippen molar-refractivity contribution in [3.63, 3.8) is 0 Å². The molecule has 8 nitrogen and oxygen atoms in total. The Labute approximate surface area is 84.5 Å². The van der Waals surface area contributed by atoms with Crippen LogP contribution in [0.2, 0.25) is 0 Å². The Morgan fingerprint density at radius 1 is 1.13 bits per heavy atom. The van der Waals surface area contributed by atoms with Gasteiger partial charge in [-0.15, -0.1) is 0 Å². The lowest BCUT2D eigenvalue weighted by atomic mass is 9.89. The van der Waals surface area contributed by atoms with Gasteiger partial charge in [-0.1, -0.05) is 0 Å². The van der Waals surface area contributed by atoms with E-state index in [1.807, 2.05) is 0 Å². The lowest BCUT2D eigenvalue weighted by molar-refractivity contribution is -0.381. The fourth-order valence-corrected chi connectivity index (χ4v) is 0.931. The molecular weight excluding hydrogens is 212 g/mol. The molecule has 8 heteroatoms. The van der Waals surface area contributed by atoms with Crippen LogP contribution in [0.3, 0.4) is 0 Å². The summed E-state index contributed by atoms with van der Waals surface area (Å²) in [6.07, 6.45) is -0.843. The molecule has 0 fully saturated rings. The summed E-state index contributed by atoms with van der Waals surface area (Å²) in [5, 5.41) is 35.8. The van der Waals surface area contributed by atoms with Crippen LogP contribution in [0.15, 0.2) is 0 Å². The van der Waals surface area contributed by atoms with Gasteiger partial charge in [0, 0.05) is 6.42 Å².